The van der Waals surface area contributed by atoms with Crippen molar-refractivity contribution in [2.45, 2.75) is 56.2 Å². The largest absolute Gasteiger partial charge is 0.508 e. The molecule has 9 rings (SSSR count). The van der Waals surface area contributed by atoms with Gasteiger partial charge >= 0.3 is 6.01 Å². The lowest BCUT2D eigenvalue weighted by Gasteiger charge is -2.35. The van der Waals surface area contributed by atoms with Crippen molar-refractivity contribution in [3.8, 4) is 35.2 Å². The predicted octanol–water partition coefficient (Wildman–Crippen LogP) is 6.03. The molecule has 3 aliphatic heterocycles. The first-order valence-electron chi connectivity index (χ1n) is 16.8. The van der Waals surface area contributed by atoms with Crippen molar-refractivity contribution in [1.82, 2.24) is 20.2 Å². The van der Waals surface area contributed by atoms with Gasteiger partial charge in [0.15, 0.2) is 0 Å². The van der Waals surface area contributed by atoms with E-state index in [2.05, 4.69) is 21.0 Å². The van der Waals surface area contributed by atoms with Crippen LogP contribution in [0, 0.1) is 29.4 Å². The smallest absolute Gasteiger partial charge is 0.319 e. The van der Waals surface area contributed by atoms with Gasteiger partial charge in [0.2, 0.25) is 0 Å². The van der Waals surface area contributed by atoms with Crippen LogP contribution in [0.15, 0.2) is 30.3 Å². The minimum atomic E-state index is -0.654. The molecule has 2 unspecified atom stereocenters. The maximum Gasteiger partial charge on any atom is 0.319 e. The van der Waals surface area contributed by atoms with Crippen molar-refractivity contribution in [3.63, 3.8) is 0 Å². The molecule has 48 heavy (non-hydrogen) atoms. The van der Waals surface area contributed by atoms with Crippen LogP contribution < -0.4 is 15.0 Å². The van der Waals surface area contributed by atoms with Crippen molar-refractivity contribution >= 4 is 39.1 Å². The third-order valence-electron chi connectivity index (χ3n) is 11.0. The number of hydrogen-bond donors (Lipinski definition) is 2. The number of aromatic nitrogens is 2. The molecule has 3 saturated heterocycles. The second-order valence-electron chi connectivity index (χ2n) is 14.5. The van der Waals surface area contributed by atoms with Crippen molar-refractivity contribution in [1.29, 1.82) is 0 Å². The Balaban J connectivity index is 1.13. The summed E-state index contributed by atoms with van der Waals surface area (Å²) < 4.78 is 43.8. The molecular formula is C37H36ClF2N5O3. The number of nitrogens with one attached hydrogen (secondary N) is 1. The number of ether oxygens (including phenoxy) is 2. The molecule has 1 spiro atoms. The van der Waals surface area contributed by atoms with Crippen LogP contribution in [-0.4, -0.2) is 83.6 Å². The Morgan fingerprint density at radius 2 is 1.88 bits per heavy atom. The topological polar surface area (TPSA) is 83.0 Å². The van der Waals surface area contributed by atoms with E-state index in [1.807, 2.05) is 0 Å². The number of hydrogen-bond acceptors (Lipinski definition) is 8. The molecule has 11 heteroatoms. The fourth-order valence-electron chi connectivity index (χ4n) is 8.16. The molecule has 4 aromatic rings. The quantitative estimate of drug-likeness (QED) is 0.231. The molecule has 2 bridgehead atoms. The van der Waals surface area contributed by atoms with Gasteiger partial charge in [0.25, 0.3) is 0 Å². The van der Waals surface area contributed by atoms with Crippen LogP contribution in [0.4, 0.5) is 14.6 Å². The van der Waals surface area contributed by atoms with E-state index in [0.717, 1.165) is 64.8 Å². The zero-order valence-corrected chi connectivity index (χ0v) is 27.3. The lowest BCUT2D eigenvalue weighted by molar-refractivity contribution is -0.0532. The first kappa shape index (κ1) is 30.3. The molecule has 248 valence electrons. The highest BCUT2D eigenvalue weighted by molar-refractivity contribution is 6.38. The first-order chi connectivity index (χ1) is 23.2. The third kappa shape index (κ3) is 5.23. The number of phenolic OH excluding ortho intramolecular Hbond substituents is 1. The van der Waals surface area contributed by atoms with Crippen molar-refractivity contribution in [2.24, 2.45) is 5.41 Å². The summed E-state index contributed by atoms with van der Waals surface area (Å²) in [5.74, 6) is 1.57. The van der Waals surface area contributed by atoms with Gasteiger partial charge in [-0.1, -0.05) is 23.6 Å². The highest BCUT2D eigenvalue weighted by Gasteiger charge is 2.51. The Hall–Kier alpha value is -3.75. The second-order valence-corrected chi connectivity index (χ2v) is 14.9. The van der Waals surface area contributed by atoms with Crippen LogP contribution >= 0.6 is 11.6 Å². The van der Waals surface area contributed by atoms with E-state index in [0.29, 0.717) is 53.9 Å². The maximum absolute atomic E-state index is 16.4. The van der Waals surface area contributed by atoms with Crippen LogP contribution in [0.25, 0.3) is 32.8 Å². The van der Waals surface area contributed by atoms with E-state index in [4.69, 9.17) is 37.5 Å². The summed E-state index contributed by atoms with van der Waals surface area (Å²) in [5.41, 5.74) is 0.524. The van der Waals surface area contributed by atoms with Crippen molar-refractivity contribution in [2.75, 3.05) is 50.8 Å². The zero-order chi connectivity index (χ0) is 32.8. The number of piperazine rings is 1. The molecule has 0 radical (unpaired) electrons. The van der Waals surface area contributed by atoms with E-state index in [1.54, 1.807) is 0 Å². The minimum absolute atomic E-state index is 0.0138. The molecule has 2 atom stereocenters. The SMILES string of the molecule is C#Cc1c(F)ccc2cc(O)cc(-c3c(F)cc4c(N5CC6CCC(C5)N6)nc(OCC5(CN6CCOC7(CC7)C6)CC5)nc4c3Cl)c12. The molecule has 2 aliphatic carbocycles. The summed E-state index contributed by atoms with van der Waals surface area (Å²) in [6, 6.07) is 7.76. The predicted molar refractivity (Wildman–Crippen MR) is 181 cm³/mol. The number of aromatic hydroxyl groups is 1. The first-order valence-corrected chi connectivity index (χ1v) is 17.2. The maximum atomic E-state index is 16.4. The fraction of sp³-hybridized carbons (Fsp3) is 0.459. The minimum Gasteiger partial charge on any atom is -0.508 e. The summed E-state index contributed by atoms with van der Waals surface area (Å²) in [6.07, 6.45) is 12.3. The molecular weight excluding hydrogens is 636 g/mol. The number of nitrogens with zero attached hydrogens (tertiary/aromatic N) is 4. The molecule has 4 heterocycles. The monoisotopic (exact) mass is 671 g/mol. The molecule has 2 saturated carbocycles. The molecule has 0 amide bonds. The van der Waals surface area contributed by atoms with Gasteiger partial charge in [0, 0.05) is 66.6 Å². The molecule has 2 N–H and O–H groups in total. The summed E-state index contributed by atoms with van der Waals surface area (Å²) >= 11 is 7.12. The van der Waals surface area contributed by atoms with E-state index in [1.165, 1.54) is 30.3 Å². The summed E-state index contributed by atoms with van der Waals surface area (Å²) in [5, 5.41) is 15.5. The highest BCUT2D eigenvalue weighted by atomic mass is 35.5. The normalized spacial score (nSPS) is 23.9. The molecule has 5 fully saturated rings. The third-order valence-corrected chi connectivity index (χ3v) is 11.4. The number of terminal acetylenes is 1. The van der Waals surface area contributed by atoms with Gasteiger partial charge in [-0.25, -0.2) is 8.78 Å². The number of halogens is 3. The van der Waals surface area contributed by atoms with Gasteiger partial charge in [-0.15, -0.1) is 6.42 Å². The van der Waals surface area contributed by atoms with Gasteiger partial charge < -0.3 is 24.8 Å². The fourth-order valence-corrected chi connectivity index (χ4v) is 8.50. The van der Waals surface area contributed by atoms with Crippen LogP contribution in [0.1, 0.15) is 44.1 Å². The van der Waals surface area contributed by atoms with Crippen molar-refractivity contribution < 1.29 is 23.4 Å². The zero-order valence-electron chi connectivity index (χ0n) is 26.5. The Morgan fingerprint density at radius 3 is 2.60 bits per heavy atom. The lowest BCUT2D eigenvalue weighted by atomic mass is 9.93. The van der Waals surface area contributed by atoms with Gasteiger partial charge in [0.1, 0.15) is 23.2 Å². The van der Waals surface area contributed by atoms with E-state index >= 15 is 4.39 Å². The molecule has 5 aliphatic rings. The van der Waals surface area contributed by atoms with E-state index < -0.39 is 11.6 Å². The number of rotatable bonds is 7. The Kier molecular flexibility index (Phi) is 7.04. The average Bonchev–Trinajstić information content (AvgIpc) is 3.99. The van der Waals surface area contributed by atoms with Crippen molar-refractivity contribution in [3.05, 3.63) is 52.6 Å². The number of morpholine rings is 1. The number of phenols is 1. The van der Waals surface area contributed by atoms with Gasteiger partial charge in [0.05, 0.1) is 34.9 Å². The van der Waals surface area contributed by atoms with Crippen LogP contribution in [0.2, 0.25) is 5.02 Å². The Labute approximate surface area is 282 Å². The number of fused-ring (bicyclic) bond motifs is 4. The molecule has 3 aromatic carbocycles. The highest BCUT2D eigenvalue weighted by Crippen LogP contribution is 2.49. The Bertz CT molecular complexity index is 2010. The van der Waals surface area contributed by atoms with Gasteiger partial charge in [-0.3, -0.25) is 4.90 Å². The average molecular weight is 672 g/mol. The van der Waals surface area contributed by atoms with Gasteiger partial charge in [-0.2, -0.15) is 9.97 Å². The standard InChI is InChI=1S/C37H36ClF2N5O3/c1-2-25-28(39)6-3-21-13-24(46)14-26(30(21)25)31-29(40)15-27-33(32(31)38)42-35(43-34(27)45-16-22-4-5-23(17-45)41-22)47-20-36(7-8-36)18-44-11-12-48-37(19-44)9-10-37/h1,3,6,13-15,22-23,41,46H,4-5,7-12,16-20H2. The Morgan fingerprint density at radius 1 is 1.08 bits per heavy atom. The second kappa shape index (κ2) is 11.1. The van der Waals surface area contributed by atoms with E-state index in [9.17, 15) is 9.50 Å². The molecule has 1 aromatic heterocycles. The van der Waals surface area contributed by atoms with E-state index in [-0.39, 0.29) is 49.9 Å². The summed E-state index contributed by atoms with van der Waals surface area (Å²) in [4.78, 5) is 14.4. The summed E-state index contributed by atoms with van der Waals surface area (Å²) in [6.45, 7) is 5.49. The van der Waals surface area contributed by atoms with Crippen LogP contribution in [0.3, 0.4) is 0 Å². The van der Waals surface area contributed by atoms with Crippen LogP contribution in [0.5, 0.6) is 11.8 Å². The molecule has 8 nitrogen and oxygen atoms in total. The number of anilines is 1. The lowest BCUT2D eigenvalue weighted by Crippen LogP contribution is -2.51. The number of benzene rings is 3. The van der Waals surface area contributed by atoms with Crippen LogP contribution in [-0.2, 0) is 4.74 Å². The van der Waals surface area contributed by atoms with Gasteiger partial charge in [-0.05, 0) is 73.7 Å². The summed E-state index contributed by atoms with van der Waals surface area (Å²) in [7, 11) is 0.